The molecule has 0 N–H and O–H groups in total. The summed E-state index contributed by atoms with van der Waals surface area (Å²) in [5, 5.41) is 10.3. The zero-order chi connectivity index (χ0) is 14.7. The summed E-state index contributed by atoms with van der Waals surface area (Å²) in [7, 11) is 0. The Morgan fingerprint density at radius 1 is 1.19 bits per heavy atom. The molecular weight excluding hydrogens is 282 g/mol. The maximum Gasteiger partial charge on any atom is 0.279 e. The molecule has 5 heteroatoms. The van der Waals surface area contributed by atoms with Gasteiger partial charge in [0.25, 0.3) is 5.56 Å². The number of aromatic nitrogens is 2. The number of pyridine rings is 1. The largest absolute Gasteiger partial charge is 0.279 e. The Morgan fingerprint density at radius 2 is 2.00 bits per heavy atom. The van der Waals surface area contributed by atoms with E-state index in [1.807, 2.05) is 18.2 Å². The summed E-state index contributed by atoms with van der Waals surface area (Å²) in [5.74, 6) is 0. The maximum absolute atomic E-state index is 12.0. The molecule has 0 fully saturated rings. The molecule has 0 radical (unpaired) electrons. The van der Waals surface area contributed by atoms with Gasteiger partial charge in [0.1, 0.15) is 11.1 Å². The molecule has 3 aromatic rings. The molecule has 2 aromatic heterocycles. The smallest absolute Gasteiger partial charge is 0.267 e. The molecular formula is C16H9N3OS. The predicted molar refractivity (Wildman–Crippen MR) is 83.6 cm³/mol. The molecule has 3 rings (SSSR count). The Kier molecular flexibility index (Phi) is 3.54. The summed E-state index contributed by atoms with van der Waals surface area (Å²) in [6, 6.07) is 14.8. The lowest BCUT2D eigenvalue weighted by atomic mass is 10.2. The van der Waals surface area contributed by atoms with Crippen molar-refractivity contribution in [2.45, 2.75) is 0 Å². The molecule has 21 heavy (non-hydrogen) atoms. The summed E-state index contributed by atoms with van der Waals surface area (Å²) < 4.78 is 0.815. The molecule has 0 atom stereocenters. The molecule has 4 nitrogen and oxygen atoms in total. The predicted octanol–water partition coefficient (Wildman–Crippen LogP) is 3.12. The molecule has 1 aromatic carbocycles. The van der Waals surface area contributed by atoms with Crippen molar-refractivity contribution in [1.82, 2.24) is 9.97 Å². The fraction of sp³-hybridized carbons (Fsp3) is 0. The van der Waals surface area contributed by atoms with Crippen LogP contribution < -0.4 is 5.56 Å². The Balaban J connectivity index is 2.17. The van der Waals surface area contributed by atoms with E-state index in [4.69, 9.17) is 0 Å². The summed E-state index contributed by atoms with van der Waals surface area (Å²) in [6.07, 6.45) is 3.28. The number of hydrogen-bond acceptors (Lipinski definition) is 5. The minimum absolute atomic E-state index is 0.318. The van der Waals surface area contributed by atoms with Crippen molar-refractivity contribution < 1.29 is 0 Å². The van der Waals surface area contributed by atoms with E-state index >= 15 is 0 Å². The molecule has 2 heterocycles. The second-order valence-electron chi connectivity index (χ2n) is 4.24. The highest BCUT2D eigenvalue weighted by Crippen LogP contribution is 2.23. The van der Waals surface area contributed by atoms with Gasteiger partial charge in [0.05, 0.1) is 16.7 Å². The fourth-order valence-electron chi connectivity index (χ4n) is 1.88. The van der Waals surface area contributed by atoms with Crippen LogP contribution in [0, 0.1) is 11.3 Å². The average Bonchev–Trinajstić information content (AvgIpc) is 2.53. The molecule has 0 amide bonds. The monoisotopic (exact) mass is 291 g/mol. The first-order chi connectivity index (χ1) is 10.3. The van der Waals surface area contributed by atoms with E-state index < -0.39 is 0 Å². The molecule has 0 aliphatic heterocycles. The lowest BCUT2D eigenvalue weighted by molar-refractivity contribution is 1.27. The Labute approximate surface area is 124 Å². The minimum atomic E-state index is -0.318. The molecule has 0 bridgehead atoms. The Morgan fingerprint density at radius 3 is 2.76 bits per heavy atom. The van der Waals surface area contributed by atoms with Crippen molar-refractivity contribution in [2.75, 3.05) is 0 Å². The highest BCUT2D eigenvalue weighted by Gasteiger charge is 2.09. The third kappa shape index (κ3) is 2.71. The lowest BCUT2D eigenvalue weighted by Gasteiger charge is -2.00. The van der Waals surface area contributed by atoms with E-state index in [0.717, 1.165) is 4.70 Å². The van der Waals surface area contributed by atoms with Gasteiger partial charge in [-0.3, -0.25) is 9.78 Å². The van der Waals surface area contributed by atoms with Crippen LogP contribution in [0.1, 0.15) is 10.7 Å². The third-order valence-electron chi connectivity index (χ3n) is 2.86. The second kappa shape index (κ2) is 5.65. The topological polar surface area (TPSA) is 66.6 Å². The van der Waals surface area contributed by atoms with Crippen LogP contribution in [0.3, 0.4) is 0 Å². The van der Waals surface area contributed by atoms with E-state index in [9.17, 15) is 10.1 Å². The van der Waals surface area contributed by atoms with Gasteiger partial charge in [0, 0.05) is 10.9 Å². The SMILES string of the molecule is N#C/C(=C\c1ccccn1)c1nc(=O)c2ccccc2s1. The number of fused-ring (bicyclic) bond motifs is 1. The van der Waals surface area contributed by atoms with Gasteiger partial charge in [-0.25, -0.2) is 0 Å². The van der Waals surface area contributed by atoms with Gasteiger partial charge < -0.3 is 0 Å². The first-order valence-corrected chi connectivity index (χ1v) is 7.02. The molecule has 0 saturated carbocycles. The second-order valence-corrected chi connectivity index (χ2v) is 5.28. The maximum atomic E-state index is 12.0. The number of nitriles is 1. The van der Waals surface area contributed by atoms with Crippen LogP contribution in [0.25, 0.3) is 21.7 Å². The highest BCUT2D eigenvalue weighted by atomic mass is 32.1. The quantitative estimate of drug-likeness (QED) is 0.680. The number of rotatable bonds is 2. The Bertz CT molecular complexity index is 923. The van der Waals surface area contributed by atoms with E-state index in [0.29, 0.717) is 21.7 Å². The van der Waals surface area contributed by atoms with Crippen LogP contribution in [0.4, 0.5) is 0 Å². The third-order valence-corrected chi connectivity index (χ3v) is 3.94. The lowest BCUT2D eigenvalue weighted by Crippen LogP contribution is -2.07. The summed E-state index contributed by atoms with van der Waals surface area (Å²) in [5.41, 5.74) is 0.673. The summed E-state index contributed by atoms with van der Waals surface area (Å²) in [4.78, 5) is 20.2. The van der Waals surface area contributed by atoms with E-state index in [1.54, 1.807) is 36.5 Å². The van der Waals surface area contributed by atoms with Crippen molar-refractivity contribution in [3.8, 4) is 6.07 Å². The van der Waals surface area contributed by atoms with Gasteiger partial charge in [-0.05, 0) is 30.3 Å². The molecule has 100 valence electrons. The van der Waals surface area contributed by atoms with Crippen molar-refractivity contribution >= 4 is 33.1 Å². The molecule has 0 aliphatic carbocycles. The summed E-state index contributed by atoms with van der Waals surface area (Å²) in [6.45, 7) is 0. The first-order valence-electron chi connectivity index (χ1n) is 6.21. The van der Waals surface area contributed by atoms with Crippen LogP contribution in [0.2, 0.25) is 0 Å². The molecule has 0 aliphatic rings. The van der Waals surface area contributed by atoms with Crippen LogP contribution >= 0.6 is 11.3 Å². The van der Waals surface area contributed by atoms with Gasteiger partial charge in [-0.1, -0.05) is 18.2 Å². The van der Waals surface area contributed by atoms with Crippen LogP contribution in [-0.4, -0.2) is 9.97 Å². The van der Waals surface area contributed by atoms with Crippen molar-refractivity contribution in [3.63, 3.8) is 0 Å². The van der Waals surface area contributed by atoms with Gasteiger partial charge in [-0.15, -0.1) is 11.3 Å². The minimum Gasteiger partial charge on any atom is -0.267 e. The zero-order valence-corrected chi connectivity index (χ0v) is 11.7. The summed E-state index contributed by atoms with van der Waals surface area (Å²) >= 11 is 1.32. The standard InChI is InChI=1S/C16H9N3OS/c17-10-11(9-12-5-3-4-8-18-12)16-19-15(20)13-6-1-2-7-14(13)21-16/h1-9H/b11-9+. The number of nitrogens with zero attached hydrogens (tertiary/aromatic N) is 3. The van der Waals surface area contributed by atoms with Crippen molar-refractivity contribution in [2.24, 2.45) is 0 Å². The first kappa shape index (κ1) is 13.2. The average molecular weight is 291 g/mol. The van der Waals surface area contributed by atoms with E-state index in [2.05, 4.69) is 16.0 Å². The van der Waals surface area contributed by atoms with Gasteiger partial charge >= 0.3 is 0 Å². The zero-order valence-electron chi connectivity index (χ0n) is 10.9. The van der Waals surface area contributed by atoms with E-state index in [-0.39, 0.29) is 5.56 Å². The normalized spacial score (nSPS) is 11.3. The molecule has 0 saturated heterocycles. The van der Waals surface area contributed by atoms with Gasteiger partial charge in [0.2, 0.25) is 0 Å². The van der Waals surface area contributed by atoms with Crippen LogP contribution in [0.5, 0.6) is 0 Å². The highest BCUT2D eigenvalue weighted by molar-refractivity contribution is 7.19. The van der Waals surface area contributed by atoms with Gasteiger partial charge in [-0.2, -0.15) is 10.2 Å². The van der Waals surface area contributed by atoms with Crippen molar-refractivity contribution in [3.05, 3.63) is 69.7 Å². The Hall–Kier alpha value is -2.84. The van der Waals surface area contributed by atoms with Crippen molar-refractivity contribution in [1.29, 1.82) is 5.26 Å². The van der Waals surface area contributed by atoms with E-state index in [1.165, 1.54) is 11.3 Å². The molecule has 0 spiro atoms. The van der Waals surface area contributed by atoms with Crippen LogP contribution in [-0.2, 0) is 0 Å². The number of allylic oxidation sites excluding steroid dienone is 1. The number of benzene rings is 1. The van der Waals surface area contributed by atoms with Gasteiger partial charge in [0.15, 0.2) is 0 Å². The number of hydrogen-bond donors (Lipinski definition) is 0. The van der Waals surface area contributed by atoms with Crippen LogP contribution in [0.15, 0.2) is 53.5 Å². The molecule has 0 unspecified atom stereocenters. The fourth-order valence-corrected chi connectivity index (χ4v) is 2.84.